The number of nitrogens with two attached hydrogens (primary N) is 2. The van der Waals surface area contributed by atoms with Crippen LogP contribution in [0.4, 0.5) is 4.79 Å². The molecule has 1 aliphatic carbocycles. The van der Waals surface area contributed by atoms with Crippen LogP contribution in [-0.4, -0.2) is 54.1 Å². The van der Waals surface area contributed by atoms with Gasteiger partial charge in [-0.3, -0.25) is 10.1 Å². The maximum absolute atomic E-state index is 12.3. The van der Waals surface area contributed by atoms with Gasteiger partial charge in [0.05, 0.1) is 6.54 Å². The first kappa shape index (κ1) is 24.5. The molecule has 1 aliphatic heterocycles. The van der Waals surface area contributed by atoms with Crippen molar-refractivity contribution in [2.24, 2.45) is 11.6 Å². The topological polar surface area (TPSA) is 120 Å². The SMILES string of the molecule is NC(CCCCC(=O)OCC1c2ccccc2-c2ccccc21)CN(N)C(=O)O[C@@H]1NCCS1. The third-order valence-corrected chi connectivity index (χ3v) is 7.14. The number of nitrogens with zero attached hydrogens (tertiary/aromatic N) is 1. The summed E-state index contributed by atoms with van der Waals surface area (Å²) in [5, 5.41) is 4.06. The number of hydrogen-bond acceptors (Lipinski definition) is 8. The van der Waals surface area contributed by atoms with Crippen molar-refractivity contribution in [1.82, 2.24) is 10.3 Å². The summed E-state index contributed by atoms with van der Waals surface area (Å²) in [4.78, 5) is 24.3. The number of hydrogen-bond donors (Lipinski definition) is 3. The molecule has 1 heterocycles. The van der Waals surface area contributed by atoms with E-state index in [1.165, 1.54) is 34.0 Å². The lowest BCUT2D eigenvalue weighted by molar-refractivity contribution is -0.144. The highest BCUT2D eigenvalue weighted by Crippen LogP contribution is 2.44. The number of hydrazine groups is 1. The molecular weight excluding hydrogens is 452 g/mol. The highest BCUT2D eigenvalue weighted by atomic mass is 32.2. The number of rotatable bonds is 10. The Morgan fingerprint density at radius 3 is 2.41 bits per heavy atom. The maximum atomic E-state index is 12.3. The summed E-state index contributed by atoms with van der Waals surface area (Å²) in [6, 6.07) is 16.3. The van der Waals surface area contributed by atoms with Gasteiger partial charge in [0.25, 0.3) is 0 Å². The Bertz CT molecular complexity index is 953. The van der Waals surface area contributed by atoms with Crippen molar-refractivity contribution in [3.05, 3.63) is 59.7 Å². The first-order valence-electron chi connectivity index (χ1n) is 11.7. The third kappa shape index (κ3) is 6.09. The first-order chi connectivity index (χ1) is 16.5. The van der Waals surface area contributed by atoms with Crippen LogP contribution in [0.2, 0.25) is 0 Å². The van der Waals surface area contributed by atoms with Crippen LogP contribution in [0.1, 0.15) is 42.7 Å². The summed E-state index contributed by atoms with van der Waals surface area (Å²) in [6.07, 6.45) is 1.80. The van der Waals surface area contributed by atoms with E-state index in [1.54, 1.807) is 0 Å². The normalized spacial score (nSPS) is 17.6. The molecule has 1 unspecified atom stereocenters. The fraction of sp³-hybridized carbons (Fsp3) is 0.440. The smallest absolute Gasteiger partial charge is 0.426 e. The van der Waals surface area contributed by atoms with Gasteiger partial charge in [-0.05, 0) is 35.1 Å². The minimum atomic E-state index is -0.596. The van der Waals surface area contributed by atoms with E-state index in [0.717, 1.165) is 23.7 Å². The van der Waals surface area contributed by atoms with Crippen molar-refractivity contribution in [3.63, 3.8) is 0 Å². The number of thioether (sulfide) groups is 1. The second-order valence-electron chi connectivity index (χ2n) is 8.61. The molecule has 1 fully saturated rings. The molecule has 182 valence electrons. The van der Waals surface area contributed by atoms with E-state index in [-0.39, 0.29) is 30.0 Å². The van der Waals surface area contributed by atoms with Crippen LogP contribution in [0.15, 0.2) is 48.5 Å². The average molecular weight is 485 g/mol. The molecule has 1 saturated heterocycles. The third-order valence-electron chi connectivity index (χ3n) is 6.14. The van der Waals surface area contributed by atoms with Crippen LogP contribution in [0.25, 0.3) is 11.1 Å². The lowest BCUT2D eigenvalue weighted by atomic mass is 9.98. The Hall–Kier alpha value is -2.59. The van der Waals surface area contributed by atoms with E-state index >= 15 is 0 Å². The van der Waals surface area contributed by atoms with E-state index in [0.29, 0.717) is 25.9 Å². The van der Waals surface area contributed by atoms with Gasteiger partial charge in [-0.2, -0.15) is 0 Å². The molecule has 2 aliphatic rings. The molecule has 2 aromatic rings. The number of benzene rings is 2. The van der Waals surface area contributed by atoms with Crippen molar-refractivity contribution < 1.29 is 19.1 Å². The Morgan fingerprint density at radius 2 is 1.76 bits per heavy atom. The van der Waals surface area contributed by atoms with Gasteiger partial charge in [-0.1, -0.05) is 55.0 Å². The Kier molecular flexibility index (Phi) is 8.44. The van der Waals surface area contributed by atoms with E-state index in [2.05, 4.69) is 29.6 Å². The highest BCUT2D eigenvalue weighted by molar-refractivity contribution is 8.00. The number of carbonyl (C=O) groups excluding carboxylic acids is 2. The molecule has 0 radical (unpaired) electrons. The van der Waals surface area contributed by atoms with E-state index < -0.39 is 6.09 Å². The molecule has 8 nitrogen and oxygen atoms in total. The van der Waals surface area contributed by atoms with Crippen molar-refractivity contribution >= 4 is 23.8 Å². The predicted molar refractivity (Wildman–Crippen MR) is 133 cm³/mol. The summed E-state index contributed by atoms with van der Waals surface area (Å²) in [5.41, 5.74) is 10.6. The largest absolute Gasteiger partial charge is 0.465 e. The number of fused-ring (bicyclic) bond motifs is 3. The molecular formula is C25H32N4O4S. The molecule has 0 aromatic heterocycles. The second-order valence-corrected chi connectivity index (χ2v) is 9.78. The number of esters is 1. The van der Waals surface area contributed by atoms with Gasteiger partial charge in [0.1, 0.15) is 6.61 Å². The Balaban J connectivity index is 1.14. The maximum Gasteiger partial charge on any atom is 0.426 e. The van der Waals surface area contributed by atoms with Crippen LogP contribution >= 0.6 is 11.8 Å². The molecule has 1 amide bonds. The van der Waals surface area contributed by atoms with Crippen LogP contribution in [0, 0.1) is 0 Å². The summed E-state index contributed by atoms with van der Waals surface area (Å²) in [6.45, 7) is 1.34. The molecule has 0 bridgehead atoms. The van der Waals surface area contributed by atoms with Crippen molar-refractivity contribution in [1.29, 1.82) is 0 Å². The first-order valence-corrected chi connectivity index (χ1v) is 12.7. The van der Waals surface area contributed by atoms with E-state index in [1.807, 2.05) is 24.3 Å². The van der Waals surface area contributed by atoms with Gasteiger partial charge in [-0.25, -0.2) is 15.6 Å². The van der Waals surface area contributed by atoms with Gasteiger partial charge in [0.2, 0.25) is 5.56 Å². The average Bonchev–Trinajstić information content (AvgIpc) is 3.46. The molecule has 5 N–H and O–H groups in total. The van der Waals surface area contributed by atoms with Gasteiger partial charge in [0.15, 0.2) is 0 Å². The summed E-state index contributed by atoms with van der Waals surface area (Å²) in [7, 11) is 0. The van der Waals surface area contributed by atoms with Crippen LogP contribution < -0.4 is 16.9 Å². The lowest BCUT2D eigenvalue weighted by Gasteiger charge is -2.22. The predicted octanol–water partition coefficient (Wildman–Crippen LogP) is 3.16. The lowest BCUT2D eigenvalue weighted by Crippen LogP contribution is -2.47. The standard InChI is InChI=1S/C25H32N4O4S/c26-17(15-29(27)25(31)33-24-28-13-14-34-24)7-1-6-12-23(30)32-16-22-20-10-4-2-8-18(20)19-9-3-5-11-21(19)22/h2-5,8-11,17,22,24,28H,1,6-7,12-16,26-27H2/t17?,24-/m0/s1. The van der Waals surface area contributed by atoms with E-state index in [4.69, 9.17) is 21.1 Å². The van der Waals surface area contributed by atoms with Crippen molar-refractivity contribution in [3.8, 4) is 11.1 Å². The van der Waals surface area contributed by atoms with E-state index in [9.17, 15) is 9.59 Å². The number of unbranched alkanes of at least 4 members (excludes halogenated alkanes) is 1. The summed E-state index contributed by atoms with van der Waals surface area (Å²) >= 11 is 1.52. The van der Waals surface area contributed by atoms with Gasteiger partial charge in [-0.15, -0.1) is 11.8 Å². The second kappa shape index (κ2) is 11.7. The number of carbonyl (C=O) groups is 2. The Labute approximate surface area is 204 Å². The molecule has 2 aromatic carbocycles. The molecule has 34 heavy (non-hydrogen) atoms. The summed E-state index contributed by atoms with van der Waals surface area (Å²) in [5.74, 6) is 6.54. The fourth-order valence-corrected chi connectivity index (χ4v) is 5.25. The molecule has 4 rings (SSSR count). The quantitative estimate of drug-likeness (QED) is 0.155. The van der Waals surface area contributed by atoms with Gasteiger partial charge < -0.3 is 15.2 Å². The summed E-state index contributed by atoms with van der Waals surface area (Å²) < 4.78 is 10.9. The van der Waals surface area contributed by atoms with Crippen molar-refractivity contribution in [2.45, 2.75) is 43.2 Å². The molecule has 9 heteroatoms. The highest BCUT2D eigenvalue weighted by Gasteiger charge is 2.29. The number of nitrogens with one attached hydrogen (secondary N) is 1. The number of amides is 1. The molecule has 0 spiro atoms. The minimum absolute atomic E-state index is 0.0675. The molecule has 0 saturated carbocycles. The zero-order valence-corrected chi connectivity index (χ0v) is 20.0. The minimum Gasteiger partial charge on any atom is -0.465 e. The zero-order chi connectivity index (χ0) is 23.9. The zero-order valence-electron chi connectivity index (χ0n) is 19.2. The fourth-order valence-electron chi connectivity index (χ4n) is 4.42. The van der Waals surface area contributed by atoms with Crippen molar-refractivity contribution in [2.75, 3.05) is 25.4 Å². The molecule has 2 atom stereocenters. The van der Waals surface area contributed by atoms with Crippen LogP contribution in [0.5, 0.6) is 0 Å². The van der Waals surface area contributed by atoms with Gasteiger partial charge >= 0.3 is 12.1 Å². The van der Waals surface area contributed by atoms with Crippen LogP contribution in [0.3, 0.4) is 0 Å². The van der Waals surface area contributed by atoms with Gasteiger partial charge in [0, 0.05) is 30.7 Å². The number of ether oxygens (including phenoxy) is 2. The Morgan fingerprint density at radius 1 is 1.09 bits per heavy atom. The monoisotopic (exact) mass is 484 g/mol. The van der Waals surface area contributed by atoms with Crippen LogP contribution in [-0.2, 0) is 14.3 Å².